The minimum Gasteiger partial charge on any atom is -0.333 e. The van der Waals surface area contributed by atoms with Crippen LogP contribution in [-0.2, 0) is 16.0 Å². The Kier molecular flexibility index (Phi) is 6.75. The molecule has 0 fully saturated rings. The van der Waals surface area contributed by atoms with Gasteiger partial charge in [-0.3, -0.25) is 9.59 Å². The molecule has 2 rings (SSSR count). The van der Waals surface area contributed by atoms with E-state index in [-0.39, 0.29) is 18.4 Å². The Labute approximate surface area is 150 Å². The minimum atomic E-state index is -0.0791. The molecule has 0 aliphatic heterocycles. The zero-order valence-corrected chi connectivity index (χ0v) is 15.2. The molecule has 0 bridgehead atoms. The molecule has 2 aromatic rings. The summed E-state index contributed by atoms with van der Waals surface area (Å²) >= 11 is 0. The van der Waals surface area contributed by atoms with Crippen molar-refractivity contribution < 1.29 is 9.59 Å². The molecule has 0 unspecified atom stereocenters. The zero-order chi connectivity index (χ0) is 18.2. The molecule has 2 aromatic carbocycles. The molecule has 4 heteroatoms. The lowest BCUT2D eigenvalue weighted by Gasteiger charge is -2.26. The average Bonchev–Trinajstić information content (AvgIpc) is 2.60. The van der Waals surface area contributed by atoms with E-state index >= 15 is 0 Å². The molecule has 132 valence electrons. The van der Waals surface area contributed by atoms with E-state index in [0.29, 0.717) is 13.1 Å². The molecule has 0 N–H and O–H groups in total. The van der Waals surface area contributed by atoms with Crippen molar-refractivity contribution in [2.75, 3.05) is 24.5 Å². The molecule has 2 amide bonds. The molecule has 0 saturated heterocycles. The quantitative estimate of drug-likeness (QED) is 0.776. The lowest BCUT2D eigenvalue weighted by molar-refractivity contribution is -0.133. The summed E-state index contributed by atoms with van der Waals surface area (Å²) in [4.78, 5) is 28.0. The Hall–Kier alpha value is -2.62. The van der Waals surface area contributed by atoms with Gasteiger partial charge < -0.3 is 9.80 Å². The van der Waals surface area contributed by atoms with E-state index in [1.54, 1.807) is 9.80 Å². The standard InChI is InChI=1S/C21H26N2O2/c1-4-23(20-12-8-9-17(2)15-20)21(25)16-22(18(3)24)14-13-19-10-6-5-7-11-19/h5-12,15H,4,13-14,16H2,1-3H3. The van der Waals surface area contributed by atoms with E-state index in [1.165, 1.54) is 6.92 Å². The Morgan fingerprint density at radius 1 is 1.00 bits per heavy atom. The number of likely N-dealkylation sites (N-methyl/N-ethyl adjacent to an activating group) is 1. The Morgan fingerprint density at radius 3 is 2.32 bits per heavy atom. The van der Waals surface area contributed by atoms with E-state index in [4.69, 9.17) is 0 Å². The highest BCUT2D eigenvalue weighted by Crippen LogP contribution is 2.16. The third-order valence-corrected chi connectivity index (χ3v) is 4.22. The topological polar surface area (TPSA) is 40.6 Å². The van der Waals surface area contributed by atoms with Crippen LogP contribution in [0.1, 0.15) is 25.0 Å². The minimum absolute atomic E-state index is 0.0589. The van der Waals surface area contributed by atoms with Crippen molar-refractivity contribution in [3.8, 4) is 0 Å². The van der Waals surface area contributed by atoms with Crippen molar-refractivity contribution in [3.05, 3.63) is 65.7 Å². The number of amides is 2. The molecule has 0 radical (unpaired) electrons. The first-order valence-corrected chi connectivity index (χ1v) is 8.67. The first kappa shape index (κ1) is 18.7. The Bertz CT molecular complexity index is 713. The highest BCUT2D eigenvalue weighted by Gasteiger charge is 2.19. The van der Waals surface area contributed by atoms with E-state index in [1.807, 2.05) is 68.4 Å². The molecular formula is C21H26N2O2. The van der Waals surface area contributed by atoms with Crippen molar-refractivity contribution in [1.29, 1.82) is 0 Å². The summed E-state index contributed by atoms with van der Waals surface area (Å²) in [7, 11) is 0. The van der Waals surface area contributed by atoms with Gasteiger partial charge in [0.2, 0.25) is 11.8 Å². The number of benzene rings is 2. The monoisotopic (exact) mass is 338 g/mol. The van der Waals surface area contributed by atoms with Crippen molar-refractivity contribution in [3.63, 3.8) is 0 Å². The second kappa shape index (κ2) is 9.02. The summed E-state index contributed by atoms with van der Waals surface area (Å²) in [5.41, 5.74) is 3.14. The van der Waals surface area contributed by atoms with Gasteiger partial charge >= 0.3 is 0 Å². The highest BCUT2D eigenvalue weighted by atomic mass is 16.2. The smallest absolute Gasteiger partial charge is 0.246 e. The Balaban J connectivity index is 2.04. The number of carbonyl (C=O) groups excluding carboxylic acids is 2. The highest BCUT2D eigenvalue weighted by molar-refractivity contribution is 5.96. The van der Waals surface area contributed by atoms with Gasteiger partial charge in [0.1, 0.15) is 6.54 Å². The van der Waals surface area contributed by atoms with Crippen LogP contribution in [0.15, 0.2) is 54.6 Å². The van der Waals surface area contributed by atoms with Gasteiger partial charge in [0.25, 0.3) is 0 Å². The lowest BCUT2D eigenvalue weighted by atomic mass is 10.1. The van der Waals surface area contributed by atoms with Crippen molar-refractivity contribution in [1.82, 2.24) is 4.90 Å². The molecule has 0 aliphatic carbocycles. The number of carbonyl (C=O) groups is 2. The average molecular weight is 338 g/mol. The molecular weight excluding hydrogens is 312 g/mol. The fourth-order valence-electron chi connectivity index (χ4n) is 2.80. The van der Waals surface area contributed by atoms with Gasteiger partial charge in [-0.05, 0) is 43.5 Å². The number of nitrogens with zero attached hydrogens (tertiary/aromatic N) is 2. The number of aryl methyl sites for hydroxylation is 1. The molecule has 0 heterocycles. The fourth-order valence-corrected chi connectivity index (χ4v) is 2.80. The molecule has 0 atom stereocenters. The van der Waals surface area contributed by atoms with Gasteiger partial charge in [-0.25, -0.2) is 0 Å². The lowest BCUT2D eigenvalue weighted by Crippen LogP contribution is -2.43. The van der Waals surface area contributed by atoms with Crippen LogP contribution in [0.5, 0.6) is 0 Å². The number of hydrogen-bond donors (Lipinski definition) is 0. The van der Waals surface area contributed by atoms with Crippen LogP contribution in [0.2, 0.25) is 0 Å². The van der Waals surface area contributed by atoms with Gasteiger partial charge in [0.05, 0.1) is 0 Å². The molecule has 0 aromatic heterocycles. The first-order valence-electron chi connectivity index (χ1n) is 8.67. The molecule has 0 saturated carbocycles. The van der Waals surface area contributed by atoms with Gasteiger partial charge in [0.15, 0.2) is 0 Å². The summed E-state index contributed by atoms with van der Waals surface area (Å²) in [5.74, 6) is -0.138. The van der Waals surface area contributed by atoms with Crippen LogP contribution < -0.4 is 4.90 Å². The van der Waals surface area contributed by atoms with Crippen LogP contribution in [0, 0.1) is 6.92 Å². The van der Waals surface area contributed by atoms with Gasteiger partial charge in [-0.2, -0.15) is 0 Å². The van der Waals surface area contributed by atoms with Crippen molar-refractivity contribution >= 4 is 17.5 Å². The third-order valence-electron chi connectivity index (χ3n) is 4.22. The maximum absolute atomic E-state index is 12.7. The van der Waals surface area contributed by atoms with Gasteiger partial charge in [0, 0.05) is 25.7 Å². The van der Waals surface area contributed by atoms with Gasteiger partial charge in [-0.1, -0.05) is 42.5 Å². The van der Waals surface area contributed by atoms with Crippen molar-refractivity contribution in [2.24, 2.45) is 0 Å². The van der Waals surface area contributed by atoms with Crippen LogP contribution in [-0.4, -0.2) is 36.3 Å². The van der Waals surface area contributed by atoms with Crippen molar-refractivity contribution in [2.45, 2.75) is 27.2 Å². The van der Waals surface area contributed by atoms with E-state index in [9.17, 15) is 9.59 Å². The second-order valence-electron chi connectivity index (χ2n) is 6.15. The first-order chi connectivity index (χ1) is 12.0. The molecule has 0 spiro atoms. The predicted octanol–water partition coefficient (Wildman–Crippen LogP) is 3.44. The number of hydrogen-bond acceptors (Lipinski definition) is 2. The maximum atomic E-state index is 12.7. The van der Waals surface area contributed by atoms with E-state index in [0.717, 1.165) is 23.2 Å². The normalized spacial score (nSPS) is 10.4. The third kappa shape index (κ3) is 5.45. The van der Waals surface area contributed by atoms with E-state index < -0.39 is 0 Å². The largest absolute Gasteiger partial charge is 0.333 e. The maximum Gasteiger partial charge on any atom is 0.246 e. The summed E-state index contributed by atoms with van der Waals surface area (Å²) in [6.45, 7) is 6.68. The molecule has 0 aliphatic rings. The molecule has 4 nitrogen and oxygen atoms in total. The second-order valence-corrected chi connectivity index (χ2v) is 6.15. The van der Waals surface area contributed by atoms with E-state index in [2.05, 4.69) is 0 Å². The number of anilines is 1. The van der Waals surface area contributed by atoms with Crippen LogP contribution in [0.4, 0.5) is 5.69 Å². The summed E-state index contributed by atoms with van der Waals surface area (Å²) in [6, 6.07) is 17.9. The summed E-state index contributed by atoms with van der Waals surface area (Å²) in [6.07, 6.45) is 0.740. The molecule has 25 heavy (non-hydrogen) atoms. The zero-order valence-electron chi connectivity index (χ0n) is 15.2. The van der Waals surface area contributed by atoms with Crippen LogP contribution in [0.25, 0.3) is 0 Å². The number of rotatable bonds is 7. The Morgan fingerprint density at radius 2 is 1.72 bits per heavy atom. The van der Waals surface area contributed by atoms with Crippen LogP contribution in [0.3, 0.4) is 0 Å². The summed E-state index contributed by atoms with van der Waals surface area (Å²) < 4.78 is 0. The van der Waals surface area contributed by atoms with Crippen LogP contribution >= 0.6 is 0 Å². The van der Waals surface area contributed by atoms with Gasteiger partial charge in [-0.15, -0.1) is 0 Å². The summed E-state index contributed by atoms with van der Waals surface area (Å²) in [5, 5.41) is 0. The predicted molar refractivity (Wildman–Crippen MR) is 102 cm³/mol. The fraction of sp³-hybridized carbons (Fsp3) is 0.333. The SMILES string of the molecule is CCN(C(=O)CN(CCc1ccccc1)C(C)=O)c1cccc(C)c1.